The summed E-state index contributed by atoms with van der Waals surface area (Å²) in [7, 11) is -3.20. The van der Waals surface area contributed by atoms with Crippen LogP contribution in [-0.2, 0) is 36.6 Å². The first-order valence-electron chi connectivity index (χ1n) is 15.1. The second-order valence-electron chi connectivity index (χ2n) is 11.5. The zero-order valence-electron chi connectivity index (χ0n) is 25.2. The Labute approximate surface area is 254 Å². The van der Waals surface area contributed by atoms with Crippen molar-refractivity contribution < 1.29 is 33.3 Å². The minimum Gasteiger partial charge on any atom is -0.445 e. The molecule has 0 aromatic heterocycles. The SMILES string of the molecule is CC(C)[C@H](NC(=O)CNC(=O)OCc1ccccc1)C(=O)NC[C@H](O)CP(=O)(CC1CCCCC1)OCc1ccccc1. The maximum Gasteiger partial charge on any atom is 0.407 e. The van der Waals surface area contributed by atoms with Gasteiger partial charge in [-0.05, 0) is 35.8 Å². The van der Waals surface area contributed by atoms with Crippen LogP contribution in [0.1, 0.15) is 57.1 Å². The van der Waals surface area contributed by atoms with Crippen LogP contribution in [0.3, 0.4) is 0 Å². The summed E-state index contributed by atoms with van der Waals surface area (Å²) in [5.74, 6) is -1.02. The summed E-state index contributed by atoms with van der Waals surface area (Å²) in [6.07, 6.45) is 3.91. The van der Waals surface area contributed by atoms with Crippen molar-refractivity contribution in [3.63, 3.8) is 0 Å². The van der Waals surface area contributed by atoms with Crippen LogP contribution in [0.15, 0.2) is 60.7 Å². The van der Waals surface area contributed by atoms with E-state index in [2.05, 4.69) is 16.0 Å². The average molecular weight is 616 g/mol. The fourth-order valence-corrected chi connectivity index (χ4v) is 7.78. The lowest BCUT2D eigenvalue weighted by Crippen LogP contribution is -2.53. The van der Waals surface area contributed by atoms with Gasteiger partial charge in [-0.25, -0.2) is 4.79 Å². The molecule has 0 heterocycles. The quantitative estimate of drug-likeness (QED) is 0.202. The number of carbonyl (C=O) groups is 3. The molecule has 0 saturated heterocycles. The summed E-state index contributed by atoms with van der Waals surface area (Å²) in [4.78, 5) is 37.4. The number of amides is 3. The number of rotatable bonds is 16. The number of aliphatic hydroxyl groups is 1. The Morgan fingerprint density at radius 1 is 0.907 bits per heavy atom. The minimum absolute atomic E-state index is 0.0651. The molecule has 0 bridgehead atoms. The van der Waals surface area contributed by atoms with Crippen molar-refractivity contribution >= 4 is 25.3 Å². The van der Waals surface area contributed by atoms with Gasteiger partial charge in [-0.3, -0.25) is 14.2 Å². The molecular formula is C32H46N3O7P. The first-order chi connectivity index (χ1) is 20.6. The number of alkyl carbamates (subject to hydrolysis) is 1. The molecule has 0 aliphatic heterocycles. The van der Waals surface area contributed by atoms with E-state index in [9.17, 15) is 24.1 Å². The van der Waals surface area contributed by atoms with E-state index in [4.69, 9.17) is 9.26 Å². The summed E-state index contributed by atoms with van der Waals surface area (Å²) in [6.45, 7) is 3.32. The van der Waals surface area contributed by atoms with Gasteiger partial charge in [0.25, 0.3) is 0 Å². The standard InChI is InChI=1S/C32H46N3O7P/c1-24(2)30(35-29(37)19-34-32(39)41-20-25-12-6-3-7-13-25)31(38)33-18-28(36)23-43(40,22-27-16-10-5-11-17-27)42-21-26-14-8-4-9-15-26/h3-4,6-9,12-15,24,27-28,30,36H,5,10-11,16-23H2,1-2H3,(H,33,38)(H,34,39)(H,35,37)/t28-,30-,43?/m0/s1. The number of benzene rings is 2. The molecule has 3 atom stereocenters. The van der Waals surface area contributed by atoms with E-state index < -0.39 is 37.4 Å². The largest absolute Gasteiger partial charge is 0.445 e. The van der Waals surface area contributed by atoms with Crippen molar-refractivity contribution in [2.75, 3.05) is 25.4 Å². The molecule has 1 fully saturated rings. The van der Waals surface area contributed by atoms with Crippen LogP contribution in [0, 0.1) is 11.8 Å². The summed E-state index contributed by atoms with van der Waals surface area (Å²) >= 11 is 0. The highest BCUT2D eigenvalue weighted by atomic mass is 31.2. The molecule has 3 rings (SSSR count). The molecule has 43 heavy (non-hydrogen) atoms. The van der Waals surface area contributed by atoms with Gasteiger partial charge in [0.05, 0.1) is 18.9 Å². The molecule has 2 aromatic rings. The first-order valence-corrected chi connectivity index (χ1v) is 17.1. The van der Waals surface area contributed by atoms with E-state index >= 15 is 0 Å². The third-order valence-electron chi connectivity index (χ3n) is 7.44. The lowest BCUT2D eigenvalue weighted by atomic mass is 9.91. The van der Waals surface area contributed by atoms with E-state index in [1.165, 1.54) is 6.42 Å². The average Bonchev–Trinajstić information content (AvgIpc) is 3.01. The van der Waals surface area contributed by atoms with Crippen molar-refractivity contribution in [2.24, 2.45) is 11.8 Å². The third-order valence-corrected chi connectivity index (χ3v) is 10.1. The van der Waals surface area contributed by atoms with Gasteiger partial charge in [-0.15, -0.1) is 0 Å². The van der Waals surface area contributed by atoms with Gasteiger partial charge in [-0.1, -0.05) is 93.8 Å². The Hall–Kier alpha value is -3.20. The highest BCUT2D eigenvalue weighted by Gasteiger charge is 2.32. The van der Waals surface area contributed by atoms with Crippen molar-refractivity contribution in [3.05, 3.63) is 71.8 Å². The van der Waals surface area contributed by atoms with Crippen LogP contribution in [0.25, 0.3) is 0 Å². The molecular weight excluding hydrogens is 569 g/mol. The molecule has 3 amide bonds. The molecule has 1 aliphatic rings. The Morgan fingerprint density at radius 3 is 2.12 bits per heavy atom. The fourth-order valence-electron chi connectivity index (χ4n) is 5.11. The lowest BCUT2D eigenvalue weighted by Gasteiger charge is -2.28. The summed E-state index contributed by atoms with van der Waals surface area (Å²) in [6, 6.07) is 17.8. The first kappa shape index (κ1) is 34.3. The Balaban J connectivity index is 1.47. The molecule has 1 saturated carbocycles. The molecule has 1 unspecified atom stereocenters. The molecule has 236 valence electrons. The van der Waals surface area contributed by atoms with E-state index in [1.54, 1.807) is 13.8 Å². The molecule has 2 aromatic carbocycles. The maximum atomic E-state index is 14.0. The van der Waals surface area contributed by atoms with E-state index in [0.29, 0.717) is 12.1 Å². The predicted molar refractivity (Wildman–Crippen MR) is 166 cm³/mol. The highest BCUT2D eigenvalue weighted by molar-refractivity contribution is 7.59. The molecule has 4 N–H and O–H groups in total. The zero-order chi connectivity index (χ0) is 31.1. The Bertz CT molecular complexity index is 1190. The van der Waals surface area contributed by atoms with Crippen LogP contribution in [-0.4, -0.2) is 60.6 Å². The van der Waals surface area contributed by atoms with Gasteiger partial charge in [0.2, 0.25) is 19.2 Å². The minimum atomic E-state index is -3.20. The van der Waals surface area contributed by atoms with Gasteiger partial charge < -0.3 is 30.3 Å². The van der Waals surface area contributed by atoms with E-state index in [1.807, 2.05) is 60.7 Å². The van der Waals surface area contributed by atoms with Crippen molar-refractivity contribution in [1.82, 2.24) is 16.0 Å². The van der Waals surface area contributed by atoms with E-state index in [-0.39, 0.29) is 38.4 Å². The van der Waals surface area contributed by atoms with Crippen molar-refractivity contribution in [3.8, 4) is 0 Å². The Morgan fingerprint density at radius 2 is 1.51 bits per heavy atom. The lowest BCUT2D eigenvalue weighted by molar-refractivity contribution is -0.129. The predicted octanol–water partition coefficient (Wildman–Crippen LogP) is 4.61. The number of nitrogens with one attached hydrogen (secondary N) is 3. The van der Waals surface area contributed by atoms with Crippen LogP contribution in [0.5, 0.6) is 0 Å². The van der Waals surface area contributed by atoms with Crippen LogP contribution in [0.4, 0.5) is 4.79 Å². The van der Waals surface area contributed by atoms with Crippen molar-refractivity contribution in [2.45, 2.75) is 71.3 Å². The summed E-state index contributed by atoms with van der Waals surface area (Å²) in [5, 5.41) is 18.5. The van der Waals surface area contributed by atoms with Gasteiger partial charge in [0.15, 0.2) is 0 Å². The topological polar surface area (TPSA) is 143 Å². The van der Waals surface area contributed by atoms with Gasteiger partial charge in [0, 0.05) is 12.7 Å². The molecule has 1 aliphatic carbocycles. The second kappa shape index (κ2) is 17.8. The van der Waals surface area contributed by atoms with Gasteiger partial charge in [-0.2, -0.15) is 0 Å². The third kappa shape index (κ3) is 12.9. The monoisotopic (exact) mass is 615 g/mol. The van der Waals surface area contributed by atoms with Crippen LogP contribution in [0.2, 0.25) is 0 Å². The van der Waals surface area contributed by atoms with E-state index in [0.717, 1.165) is 36.8 Å². The summed E-state index contributed by atoms with van der Waals surface area (Å²) in [5.41, 5.74) is 1.72. The molecule has 10 nitrogen and oxygen atoms in total. The van der Waals surface area contributed by atoms with Crippen LogP contribution < -0.4 is 16.0 Å². The number of ether oxygens (including phenoxy) is 1. The smallest absolute Gasteiger partial charge is 0.407 e. The number of carbonyl (C=O) groups excluding carboxylic acids is 3. The molecule has 0 spiro atoms. The van der Waals surface area contributed by atoms with Gasteiger partial charge >= 0.3 is 6.09 Å². The molecule has 0 radical (unpaired) electrons. The number of hydrogen-bond acceptors (Lipinski definition) is 7. The number of hydrogen-bond donors (Lipinski definition) is 4. The summed E-state index contributed by atoms with van der Waals surface area (Å²) < 4.78 is 25.1. The zero-order valence-corrected chi connectivity index (χ0v) is 26.1. The maximum absolute atomic E-state index is 14.0. The Kier molecular flexibility index (Phi) is 14.2. The normalized spacial score (nSPS) is 16.5. The van der Waals surface area contributed by atoms with Crippen molar-refractivity contribution in [1.29, 1.82) is 0 Å². The number of aliphatic hydroxyl groups excluding tert-OH is 1. The van der Waals surface area contributed by atoms with Gasteiger partial charge in [0.1, 0.15) is 19.2 Å². The second-order valence-corrected chi connectivity index (χ2v) is 14.2. The fraction of sp³-hybridized carbons (Fsp3) is 0.531. The highest BCUT2D eigenvalue weighted by Crippen LogP contribution is 2.51. The molecule has 11 heteroatoms. The van der Waals surface area contributed by atoms with Crippen LogP contribution >= 0.6 is 7.37 Å².